The van der Waals surface area contributed by atoms with Crippen molar-refractivity contribution in [2.45, 2.75) is 30.7 Å². The molecule has 0 radical (unpaired) electrons. The molecule has 7 heteroatoms. The Morgan fingerprint density at radius 1 is 1.41 bits per heavy atom. The highest BCUT2D eigenvalue weighted by Gasteiger charge is 2.18. The van der Waals surface area contributed by atoms with E-state index in [9.17, 15) is 4.79 Å². The van der Waals surface area contributed by atoms with Gasteiger partial charge in [-0.15, -0.1) is 0 Å². The monoisotopic (exact) mass is 384 g/mol. The summed E-state index contributed by atoms with van der Waals surface area (Å²) in [6, 6.07) is 6.85. The van der Waals surface area contributed by atoms with Gasteiger partial charge in [0.2, 0.25) is 0 Å². The lowest BCUT2D eigenvalue weighted by atomic mass is 10.1. The first-order valence-corrected chi connectivity index (χ1v) is 11.8. The van der Waals surface area contributed by atoms with Crippen molar-refractivity contribution in [2.75, 3.05) is 13.7 Å². The number of hydrogen-bond acceptors (Lipinski definition) is 4. The van der Waals surface area contributed by atoms with Crippen molar-refractivity contribution >= 4 is 40.9 Å². The maximum absolute atomic E-state index is 11.7. The first-order chi connectivity index (χ1) is 10.3. The van der Waals surface area contributed by atoms with E-state index in [4.69, 9.17) is 9.47 Å². The molecular formula is C15H21BrN2O3Si. The second-order valence-corrected chi connectivity index (χ2v) is 12.8. The minimum absolute atomic E-state index is 0.200. The highest BCUT2D eigenvalue weighted by atomic mass is 79.9. The van der Waals surface area contributed by atoms with Crippen LogP contribution in [0.15, 0.2) is 18.2 Å². The Morgan fingerprint density at radius 2 is 2.14 bits per heavy atom. The number of aromatic nitrogens is 2. The number of esters is 1. The summed E-state index contributed by atoms with van der Waals surface area (Å²) in [7, 11) is 0.238. The minimum atomic E-state index is -1.11. The van der Waals surface area contributed by atoms with Gasteiger partial charge in [0.25, 0.3) is 0 Å². The lowest BCUT2D eigenvalue weighted by Gasteiger charge is -2.18. The number of aromatic amines is 1. The molecule has 0 amide bonds. The van der Waals surface area contributed by atoms with E-state index in [0.717, 1.165) is 29.1 Å². The van der Waals surface area contributed by atoms with Gasteiger partial charge in [-0.2, -0.15) is 5.10 Å². The summed E-state index contributed by atoms with van der Waals surface area (Å²) < 4.78 is 10.6. The average molecular weight is 385 g/mol. The van der Waals surface area contributed by atoms with E-state index in [-0.39, 0.29) is 5.01 Å². The quantitative estimate of drug-likeness (QED) is 0.462. The summed E-state index contributed by atoms with van der Waals surface area (Å²) in [5.41, 5.74) is 2.04. The molecule has 1 N–H and O–H groups in total. The van der Waals surface area contributed by atoms with E-state index in [1.807, 2.05) is 18.2 Å². The maximum atomic E-state index is 11.7. The van der Waals surface area contributed by atoms with Crippen LogP contribution in [0, 0.1) is 0 Å². The maximum Gasteiger partial charge on any atom is 0.359 e. The van der Waals surface area contributed by atoms with Crippen molar-refractivity contribution in [1.29, 1.82) is 0 Å². The number of nitrogens with one attached hydrogen (secondary N) is 1. The molecule has 1 heterocycles. The van der Waals surface area contributed by atoms with Crippen LogP contribution in [-0.4, -0.2) is 38.0 Å². The van der Waals surface area contributed by atoms with E-state index < -0.39 is 14.0 Å². The predicted octanol–water partition coefficient (Wildman–Crippen LogP) is 4.10. The van der Waals surface area contributed by atoms with Crippen LogP contribution in [0.1, 0.15) is 21.1 Å². The van der Waals surface area contributed by atoms with Crippen molar-refractivity contribution in [3.05, 3.63) is 29.5 Å². The van der Waals surface area contributed by atoms with E-state index in [2.05, 4.69) is 45.8 Å². The standard InChI is InChI=1S/C15H21BrN2O3Si/c1-20-15(19)13-11-9-10(5-6-12(11)17-18-13)14(16)21-7-8-22(2,3)4/h5-6,9,14H,7-8H2,1-4H3,(H,17,18). The van der Waals surface area contributed by atoms with E-state index in [0.29, 0.717) is 5.69 Å². The Bertz CT molecular complexity index is 666. The third-order valence-corrected chi connectivity index (χ3v) is 5.84. The molecule has 2 rings (SSSR count). The largest absolute Gasteiger partial charge is 0.464 e. The second kappa shape index (κ2) is 6.93. The Kier molecular flexibility index (Phi) is 5.41. The molecule has 2 aromatic rings. The molecule has 120 valence electrons. The van der Waals surface area contributed by atoms with Crippen LogP contribution in [0.2, 0.25) is 25.7 Å². The first kappa shape index (κ1) is 17.2. The number of ether oxygens (including phenoxy) is 2. The van der Waals surface area contributed by atoms with E-state index in [1.54, 1.807) is 0 Å². The number of carbonyl (C=O) groups is 1. The molecule has 0 saturated heterocycles. The molecule has 0 bridgehead atoms. The summed E-state index contributed by atoms with van der Waals surface area (Å²) in [5.74, 6) is -0.450. The molecule has 0 aliphatic heterocycles. The van der Waals surface area contributed by atoms with Gasteiger partial charge in [0.05, 0.1) is 12.6 Å². The summed E-state index contributed by atoms with van der Waals surface area (Å²) in [4.78, 5) is 11.7. The molecule has 1 aromatic heterocycles. The topological polar surface area (TPSA) is 64.2 Å². The van der Waals surface area contributed by atoms with Gasteiger partial charge in [-0.3, -0.25) is 5.10 Å². The summed E-state index contributed by atoms with van der Waals surface area (Å²) in [5, 5.41) is 7.38. The summed E-state index contributed by atoms with van der Waals surface area (Å²) in [6.07, 6.45) is 0. The van der Waals surface area contributed by atoms with Gasteiger partial charge in [-0.1, -0.05) is 41.6 Å². The molecule has 0 spiro atoms. The number of alkyl halides is 1. The smallest absolute Gasteiger partial charge is 0.359 e. The van der Waals surface area contributed by atoms with Crippen LogP contribution in [0.3, 0.4) is 0 Å². The number of H-pyrrole nitrogens is 1. The Hall–Kier alpha value is -1.18. The fourth-order valence-electron chi connectivity index (χ4n) is 1.99. The predicted molar refractivity (Wildman–Crippen MR) is 93.2 cm³/mol. The Labute approximate surface area is 139 Å². The van der Waals surface area contributed by atoms with Crippen molar-refractivity contribution in [1.82, 2.24) is 10.2 Å². The molecule has 0 fully saturated rings. The van der Waals surface area contributed by atoms with Gasteiger partial charge in [0.1, 0.15) is 5.01 Å². The zero-order valence-electron chi connectivity index (χ0n) is 13.3. The van der Waals surface area contributed by atoms with Crippen LogP contribution < -0.4 is 0 Å². The van der Waals surface area contributed by atoms with Gasteiger partial charge in [-0.05, 0) is 23.7 Å². The van der Waals surface area contributed by atoms with Crippen LogP contribution in [0.4, 0.5) is 0 Å². The number of methoxy groups -OCH3 is 1. The molecule has 22 heavy (non-hydrogen) atoms. The second-order valence-electron chi connectivity index (χ2n) is 6.37. The fraction of sp³-hybridized carbons (Fsp3) is 0.467. The van der Waals surface area contributed by atoms with Gasteiger partial charge < -0.3 is 9.47 Å². The van der Waals surface area contributed by atoms with Crippen molar-refractivity contribution in [2.24, 2.45) is 0 Å². The van der Waals surface area contributed by atoms with Gasteiger partial charge in [0, 0.05) is 20.1 Å². The molecule has 5 nitrogen and oxygen atoms in total. The summed E-state index contributed by atoms with van der Waals surface area (Å²) in [6.45, 7) is 7.68. The molecular weight excluding hydrogens is 364 g/mol. The van der Waals surface area contributed by atoms with Crippen LogP contribution in [0.25, 0.3) is 10.9 Å². The third-order valence-electron chi connectivity index (χ3n) is 3.34. The van der Waals surface area contributed by atoms with Crippen molar-refractivity contribution in [3.63, 3.8) is 0 Å². The first-order valence-electron chi connectivity index (χ1n) is 7.14. The molecule has 1 aromatic carbocycles. The number of benzene rings is 1. The number of hydrogen-bond donors (Lipinski definition) is 1. The van der Waals surface area contributed by atoms with Crippen LogP contribution in [-0.2, 0) is 9.47 Å². The Balaban J connectivity index is 2.16. The lowest BCUT2D eigenvalue weighted by Crippen LogP contribution is -2.21. The number of halogens is 1. The van der Waals surface area contributed by atoms with Gasteiger partial charge in [0.15, 0.2) is 5.69 Å². The summed E-state index contributed by atoms with van der Waals surface area (Å²) >= 11 is 3.55. The SMILES string of the molecule is COC(=O)c1n[nH]c2ccc(C(Br)OCC[Si](C)(C)C)cc12. The van der Waals surface area contributed by atoms with E-state index in [1.165, 1.54) is 7.11 Å². The molecule has 0 aliphatic carbocycles. The number of rotatable bonds is 6. The third kappa shape index (κ3) is 4.18. The van der Waals surface area contributed by atoms with Crippen LogP contribution in [0.5, 0.6) is 0 Å². The highest BCUT2D eigenvalue weighted by molar-refractivity contribution is 9.09. The number of carbonyl (C=O) groups excluding carboxylic acids is 1. The fourth-order valence-corrected chi connectivity index (χ4v) is 3.19. The molecule has 0 saturated carbocycles. The number of nitrogens with zero attached hydrogens (tertiary/aromatic N) is 1. The zero-order valence-corrected chi connectivity index (χ0v) is 15.9. The van der Waals surface area contributed by atoms with Crippen LogP contribution >= 0.6 is 15.9 Å². The Morgan fingerprint density at radius 3 is 2.77 bits per heavy atom. The highest BCUT2D eigenvalue weighted by Crippen LogP contribution is 2.28. The van der Waals surface area contributed by atoms with Crippen molar-refractivity contribution < 1.29 is 14.3 Å². The molecule has 1 unspecified atom stereocenters. The minimum Gasteiger partial charge on any atom is -0.464 e. The zero-order chi connectivity index (χ0) is 16.3. The lowest BCUT2D eigenvalue weighted by molar-refractivity contribution is 0.0596. The molecule has 0 aliphatic rings. The molecule has 1 atom stereocenters. The van der Waals surface area contributed by atoms with Gasteiger partial charge >= 0.3 is 5.97 Å². The van der Waals surface area contributed by atoms with Crippen molar-refractivity contribution in [3.8, 4) is 0 Å². The average Bonchev–Trinajstić information content (AvgIpc) is 2.87. The normalized spacial score (nSPS) is 13.3. The van der Waals surface area contributed by atoms with E-state index >= 15 is 0 Å². The van der Waals surface area contributed by atoms with Gasteiger partial charge in [-0.25, -0.2) is 4.79 Å². The number of fused-ring (bicyclic) bond motifs is 1.